The van der Waals surface area contributed by atoms with Crippen LogP contribution < -0.4 is 15.3 Å². The first-order valence-corrected chi connectivity index (χ1v) is 7.60. The second-order valence-electron chi connectivity index (χ2n) is 5.81. The zero-order valence-electron chi connectivity index (χ0n) is 16.2. The van der Waals surface area contributed by atoms with Crippen molar-refractivity contribution in [1.82, 2.24) is 0 Å². The van der Waals surface area contributed by atoms with Gasteiger partial charge >= 0.3 is 29.3 Å². The molecule has 0 spiro atoms. The summed E-state index contributed by atoms with van der Waals surface area (Å²) in [7, 11) is 0. The summed E-state index contributed by atoms with van der Waals surface area (Å²) in [6, 6.07) is 0. The maximum Gasteiger partial charge on any atom is 3.00 e. The van der Waals surface area contributed by atoms with E-state index in [4.69, 9.17) is 10.2 Å². The van der Waals surface area contributed by atoms with Gasteiger partial charge in [-0.2, -0.15) is 0 Å². The van der Waals surface area contributed by atoms with Gasteiger partial charge in [0.25, 0.3) is 0 Å². The molecule has 0 fully saturated rings. The van der Waals surface area contributed by atoms with Gasteiger partial charge in [0.05, 0.1) is 11.9 Å². The molecule has 0 radical (unpaired) electrons. The van der Waals surface area contributed by atoms with E-state index in [2.05, 4.69) is 0 Å². The Hall–Kier alpha value is -2.15. The van der Waals surface area contributed by atoms with E-state index in [1.165, 1.54) is 0 Å². The topological polar surface area (TPSA) is 178 Å². The molecule has 0 atom stereocenters. The summed E-state index contributed by atoms with van der Waals surface area (Å²) in [5, 5.41) is 46.4. The normalized spacial score (nSPS) is 10.9. The van der Waals surface area contributed by atoms with E-state index in [1.807, 2.05) is 0 Å². The van der Waals surface area contributed by atoms with E-state index in [9.17, 15) is 34.5 Å². The Morgan fingerprint density at radius 1 is 0.778 bits per heavy atom. The number of aliphatic carboxylic acids is 4. The van der Waals surface area contributed by atoms with Gasteiger partial charge in [-0.3, -0.25) is 0 Å². The summed E-state index contributed by atoms with van der Waals surface area (Å²) >= 11 is 0. The van der Waals surface area contributed by atoms with E-state index in [1.54, 1.807) is 41.5 Å². The Morgan fingerprint density at radius 3 is 1.19 bits per heavy atom. The van der Waals surface area contributed by atoms with Crippen LogP contribution in [0.2, 0.25) is 0 Å². The SMILES string of the molecule is CC(C)/C(=C/C(=O)O)C(=O)O.CC(C)/C(=C/C(=O)[O-])C(=O)[O-].CC(C)[O-].[Al+3]. The number of rotatable bonds is 6. The fraction of sp³-hybridized carbons (Fsp3) is 0.529. The monoisotopic (exact) mass is 400 g/mol. The van der Waals surface area contributed by atoms with Gasteiger partial charge in [0.1, 0.15) is 0 Å². The van der Waals surface area contributed by atoms with Crippen LogP contribution in [0.15, 0.2) is 23.3 Å². The molecule has 27 heavy (non-hydrogen) atoms. The molecule has 0 bridgehead atoms. The number of carboxylic acid groups (broad SMARTS) is 4. The maximum atomic E-state index is 10.3. The van der Waals surface area contributed by atoms with Crippen molar-refractivity contribution < 1.29 is 44.7 Å². The zero-order chi connectivity index (χ0) is 21.6. The van der Waals surface area contributed by atoms with Crippen molar-refractivity contribution in [3.8, 4) is 0 Å². The van der Waals surface area contributed by atoms with Gasteiger partial charge in [-0.25, -0.2) is 9.59 Å². The van der Waals surface area contributed by atoms with Crippen molar-refractivity contribution in [2.75, 3.05) is 0 Å². The number of hydrogen-bond acceptors (Lipinski definition) is 7. The second-order valence-corrected chi connectivity index (χ2v) is 5.81. The molecule has 0 aromatic heterocycles. The maximum absolute atomic E-state index is 10.3. The number of carboxylic acids is 4. The molecule has 0 rings (SSSR count). The van der Waals surface area contributed by atoms with Crippen molar-refractivity contribution in [2.24, 2.45) is 11.8 Å². The smallest absolute Gasteiger partial charge is 0.852 e. The third-order valence-corrected chi connectivity index (χ3v) is 2.28. The van der Waals surface area contributed by atoms with Crippen LogP contribution in [0.25, 0.3) is 0 Å². The Labute approximate surface area is 169 Å². The van der Waals surface area contributed by atoms with Gasteiger partial charge in [-0.05, 0) is 23.5 Å². The van der Waals surface area contributed by atoms with Crippen LogP contribution >= 0.6 is 0 Å². The van der Waals surface area contributed by atoms with E-state index in [0.717, 1.165) is 0 Å². The Bertz CT molecular complexity index is 498. The fourth-order valence-corrected chi connectivity index (χ4v) is 1.20. The Kier molecular flexibility index (Phi) is 20.8. The standard InChI is InChI=1S/2C7H10O4.C3H7O.Al/c2*1-4(2)5(7(10)11)3-6(8)9;1-3(2)4;/h2*3-4H,1-2H3,(H,8,9)(H,10,11);3H,1-2H3;/q;;-1;+3/p-2/b2*5-3-;;. The molecule has 0 aliphatic heterocycles. The predicted molar refractivity (Wildman–Crippen MR) is 92.0 cm³/mol. The fourth-order valence-electron chi connectivity index (χ4n) is 1.20. The molecular formula is C17H25AlO9. The minimum atomic E-state index is -1.52. The van der Waals surface area contributed by atoms with Gasteiger partial charge in [0.2, 0.25) is 0 Å². The van der Waals surface area contributed by atoms with Crippen LogP contribution in [0.4, 0.5) is 0 Å². The number of carbonyl (C=O) groups excluding carboxylic acids is 2. The third-order valence-electron chi connectivity index (χ3n) is 2.28. The summed E-state index contributed by atoms with van der Waals surface area (Å²) < 4.78 is 0. The van der Waals surface area contributed by atoms with Crippen LogP contribution in [-0.4, -0.2) is 57.6 Å². The van der Waals surface area contributed by atoms with Crippen molar-refractivity contribution in [1.29, 1.82) is 0 Å². The van der Waals surface area contributed by atoms with E-state index in [-0.39, 0.29) is 40.3 Å². The molecule has 9 nitrogen and oxygen atoms in total. The largest absolute Gasteiger partial charge is 3.00 e. The minimum Gasteiger partial charge on any atom is -0.852 e. The average molecular weight is 400 g/mol. The Balaban J connectivity index is -0.000000159. The summed E-state index contributed by atoms with van der Waals surface area (Å²) in [5.41, 5.74) is -0.345. The van der Waals surface area contributed by atoms with Crippen molar-refractivity contribution in [3.05, 3.63) is 23.3 Å². The molecule has 0 saturated heterocycles. The Morgan fingerprint density at radius 2 is 1.11 bits per heavy atom. The van der Waals surface area contributed by atoms with E-state index < -0.39 is 30.0 Å². The van der Waals surface area contributed by atoms with Crippen molar-refractivity contribution >= 4 is 41.2 Å². The minimum absolute atomic E-state index is 0. The van der Waals surface area contributed by atoms with Crippen molar-refractivity contribution in [2.45, 2.75) is 47.6 Å². The molecule has 0 heterocycles. The molecule has 0 aliphatic carbocycles. The molecule has 0 aromatic carbocycles. The number of carbonyl (C=O) groups is 4. The average Bonchev–Trinajstić information content (AvgIpc) is 2.40. The molecule has 0 aromatic rings. The molecule has 10 heteroatoms. The van der Waals surface area contributed by atoms with E-state index >= 15 is 0 Å². The van der Waals surface area contributed by atoms with Crippen molar-refractivity contribution in [3.63, 3.8) is 0 Å². The van der Waals surface area contributed by atoms with Gasteiger partial charge in [0, 0.05) is 11.6 Å². The zero-order valence-corrected chi connectivity index (χ0v) is 17.4. The molecule has 0 aliphatic rings. The number of hydrogen-bond donors (Lipinski definition) is 2. The van der Waals surface area contributed by atoms with Crippen LogP contribution in [0.1, 0.15) is 41.5 Å². The predicted octanol–water partition coefficient (Wildman–Crippen LogP) is -1.82. The summed E-state index contributed by atoms with van der Waals surface area (Å²) in [4.78, 5) is 40.6. The van der Waals surface area contributed by atoms with Crippen LogP contribution in [0.5, 0.6) is 0 Å². The molecule has 0 amide bonds. The van der Waals surface area contributed by atoms with Crippen LogP contribution in [0.3, 0.4) is 0 Å². The van der Waals surface area contributed by atoms with Crippen LogP contribution in [0, 0.1) is 11.8 Å². The van der Waals surface area contributed by atoms with E-state index in [0.29, 0.717) is 12.2 Å². The first kappa shape index (κ1) is 32.5. The summed E-state index contributed by atoms with van der Waals surface area (Å²) in [6.07, 6.45) is 0.840. The summed E-state index contributed by atoms with van der Waals surface area (Å²) in [6.45, 7) is 9.60. The molecule has 0 unspecified atom stereocenters. The quantitative estimate of drug-likeness (QED) is 0.383. The van der Waals surface area contributed by atoms with Gasteiger partial charge in [0.15, 0.2) is 0 Å². The van der Waals surface area contributed by atoms with Gasteiger partial charge in [-0.15, -0.1) is 6.10 Å². The first-order valence-electron chi connectivity index (χ1n) is 7.60. The summed E-state index contributed by atoms with van der Waals surface area (Å²) in [5.74, 6) is -6.04. The van der Waals surface area contributed by atoms with Crippen LogP contribution in [-0.2, 0) is 19.2 Å². The first-order chi connectivity index (χ1) is 11.6. The molecule has 2 N–H and O–H groups in total. The molecule has 150 valence electrons. The second kappa shape index (κ2) is 17.3. The third kappa shape index (κ3) is 23.9. The van der Waals surface area contributed by atoms with Gasteiger partial charge < -0.3 is 35.1 Å². The molecular weight excluding hydrogens is 375 g/mol. The van der Waals surface area contributed by atoms with Gasteiger partial charge in [-0.1, -0.05) is 41.5 Å². The molecule has 0 saturated carbocycles.